The van der Waals surface area contributed by atoms with Gasteiger partial charge in [-0.25, -0.2) is 0 Å². The van der Waals surface area contributed by atoms with Crippen LogP contribution >= 0.6 is 0 Å². The lowest BCUT2D eigenvalue weighted by molar-refractivity contribution is 0.0778. The SMILES string of the molecule is CC(C)N(Cc1ccccc1)c1ccc(C(=O)N(C)Cc2ccccc2)nn1. The summed E-state index contributed by atoms with van der Waals surface area (Å²) in [7, 11) is 1.78. The normalized spacial score (nSPS) is 10.7. The van der Waals surface area contributed by atoms with Gasteiger partial charge in [0.05, 0.1) is 0 Å². The highest BCUT2D eigenvalue weighted by Crippen LogP contribution is 2.17. The lowest BCUT2D eigenvalue weighted by Crippen LogP contribution is -2.32. The first-order valence-corrected chi connectivity index (χ1v) is 9.48. The standard InChI is InChI=1S/C23H26N4O/c1-18(2)27(17-20-12-8-5-9-13-20)22-15-14-21(24-25-22)23(28)26(3)16-19-10-6-4-7-11-19/h4-15,18H,16-17H2,1-3H3. The molecule has 0 saturated carbocycles. The van der Waals surface area contributed by atoms with Gasteiger partial charge in [-0.05, 0) is 37.1 Å². The maximum atomic E-state index is 12.7. The Balaban J connectivity index is 1.71. The van der Waals surface area contributed by atoms with E-state index in [4.69, 9.17) is 0 Å². The van der Waals surface area contributed by atoms with Gasteiger partial charge in [0, 0.05) is 26.2 Å². The Kier molecular flexibility index (Phi) is 6.37. The number of hydrogen-bond donors (Lipinski definition) is 0. The van der Waals surface area contributed by atoms with E-state index in [1.54, 1.807) is 18.0 Å². The molecule has 0 saturated heterocycles. The van der Waals surface area contributed by atoms with Gasteiger partial charge < -0.3 is 9.80 Å². The van der Waals surface area contributed by atoms with Gasteiger partial charge in [-0.3, -0.25) is 4.79 Å². The van der Waals surface area contributed by atoms with Crippen molar-refractivity contribution < 1.29 is 4.79 Å². The molecule has 0 spiro atoms. The fourth-order valence-corrected chi connectivity index (χ4v) is 3.03. The van der Waals surface area contributed by atoms with Gasteiger partial charge >= 0.3 is 0 Å². The van der Waals surface area contributed by atoms with Gasteiger partial charge in [0.25, 0.3) is 5.91 Å². The lowest BCUT2D eigenvalue weighted by Gasteiger charge is -2.27. The lowest BCUT2D eigenvalue weighted by atomic mass is 10.2. The highest BCUT2D eigenvalue weighted by molar-refractivity contribution is 5.92. The predicted octanol–water partition coefficient (Wildman–Crippen LogP) is 4.16. The molecule has 0 N–H and O–H groups in total. The molecule has 0 radical (unpaired) electrons. The third-order valence-corrected chi connectivity index (χ3v) is 4.59. The second kappa shape index (κ2) is 9.13. The van der Waals surface area contributed by atoms with E-state index in [0.29, 0.717) is 12.2 Å². The maximum absolute atomic E-state index is 12.7. The smallest absolute Gasteiger partial charge is 0.274 e. The molecule has 0 unspecified atom stereocenters. The Labute approximate surface area is 166 Å². The van der Waals surface area contributed by atoms with Crippen LogP contribution in [0.5, 0.6) is 0 Å². The van der Waals surface area contributed by atoms with E-state index in [1.807, 2.05) is 54.6 Å². The van der Waals surface area contributed by atoms with E-state index in [0.717, 1.165) is 17.9 Å². The second-order valence-electron chi connectivity index (χ2n) is 7.13. The van der Waals surface area contributed by atoms with Crippen LogP contribution in [-0.2, 0) is 13.1 Å². The summed E-state index contributed by atoms with van der Waals surface area (Å²) in [6.07, 6.45) is 0. The third kappa shape index (κ3) is 4.94. The number of carbonyl (C=O) groups excluding carboxylic acids is 1. The zero-order chi connectivity index (χ0) is 19.9. The Hall–Kier alpha value is -3.21. The molecule has 1 heterocycles. The highest BCUT2D eigenvalue weighted by atomic mass is 16.2. The largest absolute Gasteiger partial charge is 0.348 e. The molecule has 3 aromatic rings. The summed E-state index contributed by atoms with van der Waals surface area (Å²) in [5.41, 5.74) is 2.64. The minimum absolute atomic E-state index is 0.137. The van der Waals surface area contributed by atoms with Crippen molar-refractivity contribution in [2.24, 2.45) is 0 Å². The van der Waals surface area contributed by atoms with Crippen molar-refractivity contribution >= 4 is 11.7 Å². The molecule has 5 heteroatoms. The summed E-state index contributed by atoms with van der Waals surface area (Å²) in [4.78, 5) is 16.5. The zero-order valence-corrected chi connectivity index (χ0v) is 16.6. The summed E-state index contributed by atoms with van der Waals surface area (Å²) >= 11 is 0. The first-order chi connectivity index (χ1) is 13.5. The van der Waals surface area contributed by atoms with Gasteiger partial charge in [0.1, 0.15) is 0 Å². The Morgan fingerprint density at radius 3 is 1.89 bits per heavy atom. The number of hydrogen-bond acceptors (Lipinski definition) is 4. The molecule has 0 bridgehead atoms. The summed E-state index contributed by atoms with van der Waals surface area (Å²) in [6, 6.07) is 24.1. The Bertz CT molecular complexity index is 879. The van der Waals surface area contributed by atoms with Gasteiger partial charge in [0.2, 0.25) is 0 Å². The van der Waals surface area contributed by atoms with E-state index in [2.05, 4.69) is 41.1 Å². The summed E-state index contributed by atoms with van der Waals surface area (Å²) in [5, 5.41) is 8.54. The predicted molar refractivity (Wildman–Crippen MR) is 112 cm³/mol. The Morgan fingerprint density at radius 1 is 0.821 bits per heavy atom. The first-order valence-electron chi connectivity index (χ1n) is 9.48. The van der Waals surface area contributed by atoms with Crippen LogP contribution in [0.1, 0.15) is 35.5 Å². The van der Waals surface area contributed by atoms with Crippen molar-refractivity contribution in [3.63, 3.8) is 0 Å². The first kappa shape index (κ1) is 19.5. The average Bonchev–Trinajstić information content (AvgIpc) is 2.73. The summed E-state index contributed by atoms with van der Waals surface area (Å²) < 4.78 is 0. The minimum atomic E-state index is -0.137. The van der Waals surface area contributed by atoms with E-state index >= 15 is 0 Å². The van der Waals surface area contributed by atoms with E-state index in [1.165, 1.54) is 5.56 Å². The average molecular weight is 374 g/mol. The van der Waals surface area contributed by atoms with Gasteiger partial charge in [-0.15, -0.1) is 10.2 Å². The number of amides is 1. The second-order valence-corrected chi connectivity index (χ2v) is 7.13. The van der Waals surface area contributed by atoms with Gasteiger partial charge in [0.15, 0.2) is 11.5 Å². The monoisotopic (exact) mass is 374 g/mol. The molecular weight excluding hydrogens is 348 g/mol. The zero-order valence-electron chi connectivity index (χ0n) is 16.6. The fourth-order valence-electron chi connectivity index (χ4n) is 3.03. The van der Waals surface area contributed by atoms with Gasteiger partial charge in [-0.1, -0.05) is 60.7 Å². The molecule has 0 fully saturated rings. The van der Waals surface area contributed by atoms with Crippen LogP contribution in [0.15, 0.2) is 72.8 Å². The van der Waals surface area contributed by atoms with Crippen LogP contribution in [0.4, 0.5) is 5.82 Å². The van der Waals surface area contributed by atoms with Crippen molar-refractivity contribution in [3.05, 3.63) is 89.6 Å². The van der Waals surface area contributed by atoms with Crippen LogP contribution in [0.3, 0.4) is 0 Å². The van der Waals surface area contributed by atoms with Crippen molar-refractivity contribution in [1.82, 2.24) is 15.1 Å². The minimum Gasteiger partial charge on any atom is -0.348 e. The van der Waals surface area contributed by atoms with Crippen molar-refractivity contribution in [1.29, 1.82) is 0 Å². The highest BCUT2D eigenvalue weighted by Gasteiger charge is 2.17. The molecule has 0 atom stereocenters. The molecule has 0 aliphatic heterocycles. The van der Waals surface area contributed by atoms with E-state index < -0.39 is 0 Å². The number of anilines is 1. The molecule has 3 rings (SSSR count). The van der Waals surface area contributed by atoms with Crippen molar-refractivity contribution in [2.75, 3.05) is 11.9 Å². The summed E-state index contributed by atoms with van der Waals surface area (Å²) in [6.45, 7) is 5.53. The van der Waals surface area contributed by atoms with Crippen LogP contribution in [-0.4, -0.2) is 34.1 Å². The molecule has 2 aromatic carbocycles. The summed E-state index contributed by atoms with van der Waals surface area (Å²) in [5.74, 6) is 0.628. The number of rotatable bonds is 7. The number of nitrogens with zero attached hydrogens (tertiary/aromatic N) is 4. The van der Waals surface area contributed by atoms with Crippen molar-refractivity contribution in [2.45, 2.75) is 33.0 Å². The molecular formula is C23H26N4O. The van der Waals surface area contributed by atoms with E-state index in [-0.39, 0.29) is 11.9 Å². The molecule has 28 heavy (non-hydrogen) atoms. The quantitative estimate of drug-likeness (QED) is 0.623. The maximum Gasteiger partial charge on any atom is 0.274 e. The molecule has 5 nitrogen and oxygen atoms in total. The molecule has 0 aliphatic rings. The molecule has 1 amide bonds. The van der Waals surface area contributed by atoms with Crippen LogP contribution in [0.25, 0.3) is 0 Å². The Morgan fingerprint density at radius 2 is 1.39 bits per heavy atom. The van der Waals surface area contributed by atoms with Crippen LogP contribution in [0, 0.1) is 0 Å². The molecule has 144 valence electrons. The number of carbonyl (C=O) groups is 1. The number of aromatic nitrogens is 2. The van der Waals surface area contributed by atoms with Crippen LogP contribution < -0.4 is 4.90 Å². The van der Waals surface area contributed by atoms with Crippen LogP contribution in [0.2, 0.25) is 0 Å². The fraction of sp³-hybridized carbons (Fsp3) is 0.261. The van der Waals surface area contributed by atoms with E-state index in [9.17, 15) is 4.79 Å². The van der Waals surface area contributed by atoms with Crippen molar-refractivity contribution in [3.8, 4) is 0 Å². The number of benzene rings is 2. The van der Waals surface area contributed by atoms with Gasteiger partial charge in [-0.2, -0.15) is 0 Å². The topological polar surface area (TPSA) is 49.3 Å². The molecule has 0 aliphatic carbocycles. The molecule has 1 aromatic heterocycles. The third-order valence-electron chi connectivity index (χ3n) is 4.59.